The van der Waals surface area contributed by atoms with Crippen LogP contribution in [0.3, 0.4) is 0 Å². The van der Waals surface area contributed by atoms with E-state index in [0.717, 1.165) is 49.6 Å². The topological polar surface area (TPSA) is 87.4 Å². The van der Waals surface area contributed by atoms with Crippen molar-refractivity contribution in [3.05, 3.63) is 108 Å². The van der Waals surface area contributed by atoms with Gasteiger partial charge in [0.15, 0.2) is 0 Å². The fraction of sp³-hybridized carbons (Fsp3) is 0.161. The minimum Gasteiger partial charge on any atom is -0.423 e. The van der Waals surface area contributed by atoms with Crippen molar-refractivity contribution in [2.75, 3.05) is 23.9 Å². The highest BCUT2D eigenvalue weighted by Crippen LogP contribution is 2.44. The fourth-order valence-electron chi connectivity index (χ4n) is 5.69. The van der Waals surface area contributed by atoms with E-state index in [0.29, 0.717) is 24.0 Å². The number of hydrogen-bond acceptors (Lipinski definition) is 6. The zero-order valence-electron chi connectivity index (χ0n) is 22.4. The molecule has 0 saturated carbocycles. The van der Waals surface area contributed by atoms with Crippen LogP contribution in [0.2, 0.25) is 0 Å². The lowest BCUT2D eigenvalue weighted by molar-refractivity contribution is 0.424. The number of benzene rings is 5. The van der Waals surface area contributed by atoms with Crippen LogP contribution in [0.5, 0.6) is 0 Å². The van der Waals surface area contributed by atoms with Crippen LogP contribution in [0.15, 0.2) is 91.0 Å². The predicted octanol–water partition coefficient (Wildman–Crippen LogP) is 2.93. The summed E-state index contributed by atoms with van der Waals surface area (Å²) in [5.41, 5.74) is 5.96. The van der Waals surface area contributed by atoms with Crippen molar-refractivity contribution < 1.29 is 20.1 Å². The van der Waals surface area contributed by atoms with Crippen molar-refractivity contribution in [2.24, 2.45) is 0 Å². The summed E-state index contributed by atoms with van der Waals surface area (Å²) in [4.78, 5) is 4.35. The Morgan fingerprint density at radius 1 is 0.538 bits per heavy atom. The lowest BCUT2D eigenvalue weighted by Crippen LogP contribution is -2.35. The molecule has 5 rings (SSSR count). The van der Waals surface area contributed by atoms with Gasteiger partial charge in [0.05, 0.1) is 11.4 Å². The summed E-state index contributed by atoms with van der Waals surface area (Å²) >= 11 is 0. The maximum Gasteiger partial charge on any atom is 0.488 e. The SMILES string of the molecule is Cc1cccc2c(N(C)Cc3ccccc3B(O)O)c3ccccc3c(N(C)Cc3ccccc3B(O)O)c12. The minimum atomic E-state index is -1.54. The van der Waals surface area contributed by atoms with E-state index in [2.05, 4.69) is 47.1 Å². The third kappa shape index (κ3) is 5.12. The lowest BCUT2D eigenvalue weighted by Gasteiger charge is -2.30. The molecule has 0 aliphatic carbocycles. The Kier molecular flexibility index (Phi) is 7.64. The van der Waals surface area contributed by atoms with Gasteiger partial charge in [-0.25, -0.2) is 0 Å². The average Bonchev–Trinajstić information content (AvgIpc) is 2.92. The van der Waals surface area contributed by atoms with E-state index < -0.39 is 14.2 Å². The van der Waals surface area contributed by atoms with Crippen LogP contribution < -0.4 is 20.7 Å². The fourth-order valence-corrected chi connectivity index (χ4v) is 5.69. The molecule has 4 N–H and O–H groups in total. The van der Waals surface area contributed by atoms with Crippen LogP contribution in [0.25, 0.3) is 21.5 Å². The first kappa shape index (κ1) is 26.8. The summed E-state index contributed by atoms with van der Waals surface area (Å²) < 4.78 is 0. The van der Waals surface area contributed by atoms with Crippen molar-refractivity contribution in [1.82, 2.24) is 0 Å². The second-order valence-corrected chi connectivity index (χ2v) is 10.1. The maximum atomic E-state index is 9.95. The number of fused-ring (bicyclic) bond motifs is 2. The Bertz CT molecular complexity index is 1640. The second kappa shape index (κ2) is 11.1. The van der Waals surface area contributed by atoms with E-state index in [-0.39, 0.29) is 0 Å². The molecule has 39 heavy (non-hydrogen) atoms. The molecule has 196 valence electrons. The van der Waals surface area contributed by atoms with E-state index in [1.54, 1.807) is 12.1 Å². The molecule has 0 radical (unpaired) electrons. The van der Waals surface area contributed by atoms with Crippen LogP contribution >= 0.6 is 0 Å². The molecule has 0 bridgehead atoms. The zero-order chi connectivity index (χ0) is 27.7. The van der Waals surface area contributed by atoms with E-state index in [9.17, 15) is 20.1 Å². The lowest BCUT2D eigenvalue weighted by atomic mass is 9.77. The van der Waals surface area contributed by atoms with Crippen molar-refractivity contribution in [2.45, 2.75) is 20.0 Å². The first-order valence-electron chi connectivity index (χ1n) is 13.0. The highest BCUT2D eigenvalue weighted by atomic mass is 16.4. The first-order valence-corrected chi connectivity index (χ1v) is 13.0. The van der Waals surface area contributed by atoms with Crippen LogP contribution in [0.1, 0.15) is 16.7 Å². The zero-order valence-corrected chi connectivity index (χ0v) is 22.4. The van der Waals surface area contributed by atoms with Gasteiger partial charge in [0.25, 0.3) is 0 Å². The summed E-state index contributed by atoms with van der Waals surface area (Å²) in [6, 6.07) is 29.4. The first-order chi connectivity index (χ1) is 18.8. The van der Waals surface area contributed by atoms with Crippen LogP contribution in [0, 0.1) is 6.92 Å². The monoisotopic (exact) mass is 518 g/mol. The molecule has 8 heteroatoms. The molecule has 6 nitrogen and oxygen atoms in total. The van der Waals surface area contributed by atoms with Gasteiger partial charge >= 0.3 is 14.2 Å². The molecule has 0 aromatic heterocycles. The van der Waals surface area contributed by atoms with Crippen molar-refractivity contribution in [1.29, 1.82) is 0 Å². The molecule has 5 aromatic carbocycles. The standard InChI is InChI=1S/C31H32B2N2O4/c1-21-11-10-16-26-29(21)31(35(3)20-23-13-5-9-18-28(23)33(38)39)25-15-7-6-14-24(25)30(26)34(2)19-22-12-4-8-17-27(22)32(36)37/h4-18,36-39H,19-20H2,1-3H3. The summed E-state index contributed by atoms with van der Waals surface area (Å²) in [5.74, 6) is 0. The van der Waals surface area contributed by atoms with Gasteiger partial charge in [-0.15, -0.1) is 0 Å². The highest BCUT2D eigenvalue weighted by molar-refractivity contribution is 6.59. The van der Waals surface area contributed by atoms with Crippen molar-refractivity contribution in [3.63, 3.8) is 0 Å². The van der Waals surface area contributed by atoms with Gasteiger partial charge in [0, 0.05) is 48.7 Å². The molecule has 0 saturated heterocycles. The Morgan fingerprint density at radius 2 is 0.974 bits per heavy atom. The normalized spacial score (nSPS) is 11.2. The number of aryl methyl sites for hydroxylation is 1. The molecule has 0 amide bonds. The second-order valence-electron chi connectivity index (χ2n) is 10.1. The molecule has 5 aromatic rings. The van der Waals surface area contributed by atoms with Crippen LogP contribution in [0.4, 0.5) is 11.4 Å². The average molecular weight is 518 g/mol. The molecule has 0 atom stereocenters. The van der Waals surface area contributed by atoms with Gasteiger partial charge in [-0.3, -0.25) is 0 Å². The van der Waals surface area contributed by atoms with Gasteiger partial charge in [0.2, 0.25) is 0 Å². The third-order valence-corrected chi connectivity index (χ3v) is 7.45. The minimum absolute atomic E-state index is 0.496. The van der Waals surface area contributed by atoms with E-state index in [1.807, 2.05) is 62.6 Å². The van der Waals surface area contributed by atoms with Gasteiger partial charge in [-0.05, 0) is 34.5 Å². The molecule has 0 fully saturated rings. The molecular formula is C31H32B2N2O4. The summed E-state index contributed by atoms with van der Waals surface area (Å²) in [6.45, 7) is 3.11. The quantitative estimate of drug-likeness (QED) is 0.144. The highest BCUT2D eigenvalue weighted by Gasteiger charge is 2.23. The van der Waals surface area contributed by atoms with Crippen LogP contribution in [-0.4, -0.2) is 48.4 Å². The van der Waals surface area contributed by atoms with Gasteiger partial charge < -0.3 is 29.9 Å². The number of hydrogen-bond donors (Lipinski definition) is 4. The van der Waals surface area contributed by atoms with E-state index in [1.165, 1.54) is 0 Å². The number of nitrogens with zero attached hydrogens (tertiary/aromatic N) is 2. The van der Waals surface area contributed by atoms with Gasteiger partial charge in [0.1, 0.15) is 0 Å². The smallest absolute Gasteiger partial charge is 0.423 e. The number of rotatable bonds is 8. The van der Waals surface area contributed by atoms with E-state index >= 15 is 0 Å². The predicted molar refractivity (Wildman–Crippen MR) is 163 cm³/mol. The van der Waals surface area contributed by atoms with Crippen LogP contribution in [-0.2, 0) is 13.1 Å². The summed E-state index contributed by atoms with van der Waals surface area (Å²) in [5, 5.41) is 44.2. The van der Waals surface area contributed by atoms with Crippen molar-refractivity contribution >= 4 is 58.1 Å². The Balaban J connectivity index is 1.70. The molecule has 0 unspecified atom stereocenters. The Hall–Kier alpha value is -3.81. The van der Waals surface area contributed by atoms with Crippen molar-refractivity contribution in [3.8, 4) is 0 Å². The van der Waals surface area contributed by atoms with Gasteiger partial charge in [-0.1, -0.05) is 91.0 Å². The third-order valence-electron chi connectivity index (χ3n) is 7.45. The molecule has 0 aliphatic rings. The molecular weight excluding hydrogens is 486 g/mol. The molecule has 0 spiro atoms. The molecule has 0 heterocycles. The van der Waals surface area contributed by atoms with E-state index in [4.69, 9.17) is 0 Å². The summed E-state index contributed by atoms with van der Waals surface area (Å²) in [7, 11) is 0.992. The largest absolute Gasteiger partial charge is 0.488 e. The van der Waals surface area contributed by atoms with Gasteiger partial charge in [-0.2, -0.15) is 0 Å². The summed E-state index contributed by atoms with van der Waals surface area (Å²) in [6.07, 6.45) is 0. The number of anilines is 2. The Morgan fingerprint density at radius 3 is 1.51 bits per heavy atom. The maximum absolute atomic E-state index is 9.95. The molecule has 0 aliphatic heterocycles. The Labute approximate surface area is 229 Å².